The molecule has 6 saturated carbocycles. The van der Waals surface area contributed by atoms with Crippen LogP contribution in [-0.2, 0) is 23.9 Å². The first-order valence-corrected chi connectivity index (χ1v) is 22.7. The van der Waals surface area contributed by atoms with Crippen LogP contribution in [0.4, 0.5) is 0 Å². The number of rotatable bonds is 8. The van der Waals surface area contributed by atoms with Crippen molar-refractivity contribution in [3.63, 3.8) is 0 Å². The highest BCUT2D eigenvalue weighted by atomic mass is 16.5. The Kier molecular flexibility index (Phi) is 10.3. The van der Waals surface area contributed by atoms with Gasteiger partial charge in [0.15, 0.2) is 0 Å². The Balaban J connectivity index is 1.10. The molecule has 12 atom stereocenters. The molecule has 7 rings (SSSR count). The van der Waals surface area contributed by atoms with Crippen LogP contribution in [0, 0.1) is 73.4 Å². The van der Waals surface area contributed by atoms with Crippen molar-refractivity contribution >= 4 is 23.8 Å². The molecule has 314 valence electrons. The minimum absolute atomic E-state index is 0.0193. The smallest absolute Gasteiger partial charge is 0.309 e. The lowest BCUT2D eigenvalue weighted by Gasteiger charge is -2.73. The molecule has 6 aliphatic carbocycles. The fourth-order valence-electron chi connectivity index (χ4n) is 15.6. The van der Waals surface area contributed by atoms with E-state index in [1.165, 1.54) is 12.0 Å². The summed E-state index contributed by atoms with van der Waals surface area (Å²) in [5.74, 6) is 1.12. The quantitative estimate of drug-likeness (QED) is 0.188. The van der Waals surface area contributed by atoms with Gasteiger partial charge in [0.05, 0.1) is 17.3 Å². The number of ether oxygens (including phenoxy) is 1. The molecule has 1 saturated heterocycles. The van der Waals surface area contributed by atoms with Crippen LogP contribution in [0.1, 0.15) is 166 Å². The van der Waals surface area contributed by atoms with Crippen molar-refractivity contribution < 1.29 is 29.0 Å². The number of carboxylic acid groups (broad SMARTS) is 1. The van der Waals surface area contributed by atoms with Gasteiger partial charge in [0.25, 0.3) is 0 Å². The van der Waals surface area contributed by atoms with E-state index in [2.05, 4.69) is 72.2 Å². The summed E-state index contributed by atoms with van der Waals surface area (Å²) in [4.78, 5) is 55.6. The first kappa shape index (κ1) is 41.8. The molecule has 0 aromatic carbocycles. The minimum Gasteiger partial charge on any atom is -0.481 e. The highest BCUT2D eigenvalue weighted by Crippen LogP contribution is 2.77. The van der Waals surface area contributed by atoms with Gasteiger partial charge in [0, 0.05) is 30.5 Å². The van der Waals surface area contributed by atoms with Gasteiger partial charge in [-0.1, -0.05) is 60.6 Å². The second-order valence-electron chi connectivity index (χ2n) is 23.1. The van der Waals surface area contributed by atoms with E-state index < -0.39 is 22.8 Å². The lowest BCUT2D eigenvalue weighted by atomic mass is 9.32. The standard InChI is InChI=1S/C48H76N2O6/c1-29(2)30-17-22-48(40(53)49-35-27-32(43(35,5)6)39(52)50-25-13-12-14-26-50)24-23-46(10)31(38(30)48)15-16-34-45(9)20-19-36(56-37(51)28-42(3,4)41(54)55)44(7,8)33(45)18-21-47(34,46)11/h30-36,38H,1,12-28H2,2-11H3,(H,49,53)(H,54,55)/t30-,31+,32+,33-,34+,35+,36-,38+,45-,46+,47+,48-/m0/s1. The Hall–Kier alpha value is -2.38. The molecule has 0 unspecified atom stereocenters. The number of esters is 1. The number of hydrogen-bond donors (Lipinski definition) is 2. The second kappa shape index (κ2) is 13.8. The average Bonchev–Trinajstić information content (AvgIpc) is 3.53. The Bertz CT molecular complexity index is 1630. The maximum Gasteiger partial charge on any atom is 0.309 e. The fourth-order valence-corrected chi connectivity index (χ4v) is 15.6. The van der Waals surface area contributed by atoms with Gasteiger partial charge >= 0.3 is 11.9 Å². The van der Waals surface area contributed by atoms with Gasteiger partial charge in [-0.15, -0.1) is 0 Å². The van der Waals surface area contributed by atoms with Crippen LogP contribution in [-0.4, -0.2) is 59.0 Å². The van der Waals surface area contributed by atoms with Crippen molar-refractivity contribution in [1.82, 2.24) is 10.2 Å². The minimum atomic E-state index is -1.16. The molecule has 0 aromatic rings. The third-order valence-corrected chi connectivity index (χ3v) is 19.4. The van der Waals surface area contributed by atoms with Crippen molar-refractivity contribution in [1.29, 1.82) is 0 Å². The molecule has 1 heterocycles. The molecule has 2 N–H and O–H groups in total. The van der Waals surface area contributed by atoms with Crippen LogP contribution in [0.15, 0.2) is 12.2 Å². The van der Waals surface area contributed by atoms with E-state index >= 15 is 4.79 Å². The number of likely N-dealkylation sites (tertiary alicyclic amines) is 1. The molecule has 8 heteroatoms. The van der Waals surface area contributed by atoms with Crippen molar-refractivity contribution in [3.05, 3.63) is 12.2 Å². The summed E-state index contributed by atoms with van der Waals surface area (Å²) < 4.78 is 6.20. The van der Waals surface area contributed by atoms with E-state index in [4.69, 9.17) is 4.74 Å². The molecule has 7 fully saturated rings. The molecule has 56 heavy (non-hydrogen) atoms. The van der Waals surface area contributed by atoms with Gasteiger partial charge in [0.2, 0.25) is 11.8 Å². The Labute approximate surface area is 338 Å². The zero-order valence-corrected chi connectivity index (χ0v) is 36.8. The summed E-state index contributed by atoms with van der Waals surface area (Å²) >= 11 is 0. The Morgan fingerprint density at radius 1 is 0.804 bits per heavy atom. The van der Waals surface area contributed by atoms with Crippen LogP contribution in [0.3, 0.4) is 0 Å². The van der Waals surface area contributed by atoms with E-state index in [1.807, 2.05) is 0 Å². The van der Waals surface area contributed by atoms with Crippen LogP contribution in [0.5, 0.6) is 0 Å². The number of hydrogen-bond acceptors (Lipinski definition) is 5. The summed E-state index contributed by atoms with van der Waals surface area (Å²) in [7, 11) is 0. The zero-order valence-electron chi connectivity index (χ0n) is 36.8. The average molecular weight is 777 g/mol. The van der Waals surface area contributed by atoms with Gasteiger partial charge in [-0.25, -0.2) is 0 Å². The number of carboxylic acids is 1. The normalized spacial score (nSPS) is 43.8. The predicted molar refractivity (Wildman–Crippen MR) is 219 cm³/mol. The first-order valence-electron chi connectivity index (χ1n) is 22.7. The van der Waals surface area contributed by atoms with Crippen LogP contribution in [0.2, 0.25) is 0 Å². The topological polar surface area (TPSA) is 113 Å². The third kappa shape index (κ3) is 6.07. The van der Waals surface area contributed by atoms with E-state index in [9.17, 15) is 19.5 Å². The Morgan fingerprint density at radius 3 is 2.11 bits per heavy atom. The molecular weight excluding hydrogens is 701 g/mol. The maximum absolute atomic E-state index is 15.0. The number of amides is 2. The predicted octanol–water partition coefficient (Wildman–Crippen LogP) is 9.60. The van der Waals surface area contributed by atoms with E-state index in [0.29, 0.717) is 29.6 Å². The van der Waals surface area contributed by atoms with Gasteiger partial charge in [-0.2, -0.15) is 0 Å². The maximum atomic E-state index is 15.0. The molecule has 0 spiro atoms. The van der Waals surface area contributed by atoms with Crippen molar-refractivity contribution in [2.75, 3.05) is 13.1 Å². The van der Waals surface area contributed by atoms with Crippen molar-refractivity contribution in [3.8, 4) is 0 Å². The molecule has 1 aliphatic heterocycles. The fraction of sp³-hybridized carbons (Fsp3) is 0.875. The van der Waals surface area contributed by atoms with Crippen molar-refractivity contribution in [2.24, 2.45) is 73.4 Å². The summed E-state index contributed by atoms with van der Waals surface area (Å²) in [5.41, 5.74) is -0.492. The number of nitrogens with one attached hydrogen (secondary N) is 1. The first-order chi connectivity index (χ1) is 26.0. The molecule has 2 amide bonds. The van der Waals surface area contributed by atoms with Crippen LogP contribution < -0.4 is 5.32 Å². The summed E-state index contributed by atoms with van der Waals surface area (Å²) in [6.45, 7) is 28.5. The molecule has 0 aromatic heterocycles. The highest BCUT2D eigenvalue weighted by molar-refractivity contribution is 5.86. The molecule has 8 nitrogen and oxygen atoms in total. The number of aliphatic carboxylic acids is 1. The van der Waals surface area contributed by atoms with Crippen molar-refractivity contribution in [2.45, 2.75) is 178 Å². The van der Waals surface area contributed by atoms with E-state index in [0.717, 1.165) is 96.6 Å². The lowest BCUT2D eigenvalue weighted by Crippen LogP contribution is -2.68. The van der Waals surface area contributed by atoms with E-state index in [-0.39, 0.29) is 63.4 Å². The molecule has 7 aliphatic rings. The molecule has 0 radical (unpaired) electrons. The van der Waals surface area contributed by atoms with Gasteiger partial charge < -0.3 is 20.1 Å². The SMILES string of the molecule is C=C(C)[C@@H]1CC[C@]2(C(=O)N[C@@H]3C[C@H](C(=O)N4CCCCC4)C3(C)C)CC[C@]3(C)[C@H](CC[C@@H]4[C@@]5(C)CC[C@H](OC(=O)CC(C)(C)C(=O)O)C(C)(C)[C@@H]5CC[C@]43C)[C@@H]12. The van der Waals surface area contributed by atoms with Gasteiger partial charge in [-0.3, -0.25) is 19.2 Å². The largest absolute Gasteiger partial charge is 0.481 e. The zero-order chi connectivity index (χ0) is 41.0. The van der Waals surface area contributed by atoms with Crippen LogP contribution >= 0.6 is 0 Å². The monoisotopic (exact) mass is 777 g/mol. The summed E-state index contributed by atoms with van der Waals surface area (Å²) in [5, 5.41) is 13.3. The van der Waals surface area contributed by atoms with Crippen LogP contribution in [0.25, 0.3) is 0 Å². The number of piperidine rings is 1. The Morgan fingerprint density at radius 2 is 1.48 bits per heavy atom. The number of carbonyl (C=O) groups excluding carboxylic acids is 3. The van der Waals surface area contributed by atoms with Gasteiger partial charge in [-0.05, 0) is 162 Å². The second-order valence-corrected chi connectivity index (χ2v) is 23.1. The number of fused-ring (bicyclic) bond motifs is 7. The number of nitrogens with zero attached hydrogens (tertiary/aromatic N) is 1. The highest BCUT2D eigenvalue weighted by Gasteiger charge is 2.72. The van der Waals surface area contributed by atoms with E-state index in [1.54, 1.807) is 13.8 Å². The lowest BCUT2D eigenvalue weighted by molar-refractivity contribution is -0.249. The molecular formula is C48H76N2O6. The van der Waals surface area contributed by atoms with Gasteiger partial charge in [0.1, 0.15) is 6.10 Å². The number of carbonyl (C=O) groups is 4. The summed E-state index contributed by atoms with van der Waals surface area (Å²) in [6.07, 6.45) is 14.0. The third-order valence-electron chi connectivity index (χ3n) is 19.4. The summed E-state index contributed by atoms with van der Waals surface area (Å²) in [6, 6.07) is 0.0193. The number of allylic oxidation sites excluding steroid dienone is 1. The molecule has 0 bridgehead atoms.